The van der Waals surface area contributed by atoms with Gasteiger partial charge in [0.15, 0.2) is 0 Å². The topological polar surface area (TPSA) is 64.2 Å². The summed E-state index contributed by atoms with van der Waals surface area (Å²) >= 11 is 0. The minimum atomic E-state index is -0.736. The van der Waals surface area contributed by atoms with Crippen LogP contribution in [-0.4, -0.2) is 39.7 Å². The monoisotopic (exact) mass is 390 g/mol. The zero-order valence-electron chi connectivity index (χ0n) is 16.9. The maximum absolute atomic E-state index is 14.5. The fourth-order valence-corrected chi connectivity index (χ4v) is 3.55. The van der Waals surface area contributed by atoms with Crippen LogP contribution in [0.4, 0.5) is 8.78 Å². The Hall–Kier alpha value is -2.28. The van der Waals surface area contributed by atoms with Gasteiger partial charge in [-0.15, -0.1) is 0 Å². The van der Waals surface area contributed by atoms with Gasteiger partial charge in [-0.25, -0.2) is 8.78 Å². The molecule has 0 radical (unpaired) electrons. The van der Waals surface area contributed by atoms with Gasteiger partial charge in [0.1, 0.15) is 17.3 Å². The van der Waals surface area contributed by atoms with Crippen molar-refractivity contribution in [3.05, 3.63) is 41.6 Å². The Morgan fingerprint density at radius 2 is 2.04 bits per heavy atom. The maximum atomic E-state index is 14.5. The maximum Gasteiger partial charge on any atom is 0.257 e. The molecule has 1 aromatic heterocycles. The molecule has 2 atom stereocenters. The molecule has 2 aromatic rings. The van der Waals surface area contributed by atoms with E-state index in [-0.39, 0.29) is 34.7 Å². The molecule has 1 aliphatic rings. The number of aromatic nitrogens is 2. The van der Waals surface area contributed by atoms with E-state index >= 15 is 0 Å². The van der Waals surface area contributed by atoms with Crippen LogP contribution in [0, 0.1) is 17.6 Å². The highest BCUT2D eigenvalue weighted by molar-refractivity contribution is 6.00. The highest BCUT2D eigenvalue weighted by Crippen LogP contribution is 2.30. The number of amides is 1. The molecule has 0 bridgehead atoms. The highest BCUT2D eigenvalue weighted by Gasteiger charge is 2.31. The summed E-state index contributed by atoms with van der Waals surface area (Å²) in [6.07, 6.45) is 3.53. The molecule has 3 rings (SSSR count). The Morgan fingerprint density at radius 1 is 1.32 bits per heavy atom. The summed E-state index contributed by atoms with van der Waals surface area (Å²) in [6.45, 7) is 9.01. The molecule has 7 heteroatoms. The lowest BCUT2D eigenvalue weighted by Crippen LogP contribution is -2.45. The Balaban J connectivity index is 2.04. The number of hydrogen-bond acceptors (Lipinski definition) is 3. The van der Waals surface area contributed by atoms with E-state index in [0.29, 0.717) is 18.7 Å². The summed E-state index contributed by atoms with van der Waals surface area (Å²) in [5, 5.41) is 4.49. The third-order valence-corrected chi connectivity index (χ3v) is 5.31. The molecular weight excluding hydrogens is 362 g/mol. The SMILES string of the molecule is C[C@@H](N)[C@H]1CCCN(C(=O)c2cn(C(C)(C)C)nc2-c2ccc(F)cc2F)C1. The van der Waals surface area contributed by atoms with Crippen LogP contribution in [0.25, 0.3) is 11.3 Å². The van der Waals surface area contributed by atoms with Crippen LogP contribution in [0.5, 0.6) is 0 Å². The van der Waals surface area contributed by atoms with Crippen LogP contribution >= 0.6 is 0 Å². The lowest BCUT2D eigenvalue weighted by atomic mass is 9.91. The Labute approximate surface area is 164 Å². The van der Waals surface area contributed by atoms with Gasteiger partial charge in [0.25, 0.3) is 5.91 Å². The fourth-order valence-electron chi connectivity index (χ4n) is 3.55. The quantitative estimate of drug-likeness (QED) is 0.867. The van der Waals surface area contributed by atoms with Crippen molar-refractivity contribution < 1.29 is 13.6 Å². The first kappa shape index (κ1) is 20.5. The van der Waals surface area contributed by atoms with E-state index in [0.717, 1.165) is 18.9 Å². The zero-order chi connectivity index (χ0) is 20.6. The van der Waals surface area contributed by atoms with Crippen molar-refractivity contribution in [3.8, 4) is 11.3 Å². The number of nitrogens with two attached hydrogens (primary N) is 1. The molecule has 1 fully saturated rings. The molecule has 0 unspecified atom stereocenters. The summed E-state index contributed by atoms with van der Waals surface area (Å²) in [5.41, 5.74) is 6.34. The molecule has 5 nitrogen and oxygen atoms in total. The first-order valence-corrected chi connectivity index (χ1v) is 9.68. The van der Waals surface area contributed by atoms with Crippen LogP contribution in [0.15, 0.2) is 24.4 Å². The van der Waals surface area contributed by atoms with Crippen LogP contribution in [0.3, 0.4) is 0 Å². The smallest absolute Gasteiger partial charge is 0.257 e. The summed E-state index contributed by atoms with van der Waals surface area (Å²) in [4.78, 5) is 15.1. The van der Waals surface area contributed by atoms with Crippen molar-refractivity contribution in [1.29, 1.82) is 0 Å². The largest absolute Gasteiger partial charge is 0.338 e. The van der Waals surface area contributed by atoms with Gasteiger partial charge in [-0.3, -0.25) is 9.48 Å². The van der Waals surface area contributed by atoms with Crippen LogP contribution in [0.1, 0.15) is 50.9 Å². The fraction of sp³-hybridized carbons (Fsp3) is 0.524. The molecule has 0 aliphatic carbocycles. The van der Waals surface area contributed by atoms with Crippen molar-refractivity contribution in [3.63, 3.8) is 0 Å². The molecule has 152 valence electrons. The Bertz CT molecular complexity index is 870. The molecule has 28 heavy (non-hydrogen) atoms. The van der Waals surface area contributed by atoms with Crippen molar-refractivity contribution in [2.75, 3.05) is 13.1 Å². The lowest BCUT2D eigenvalue weighted by Gasteiger charge is -2.34. The number of likely N-dealkylation sites (tertiary alicyclic amines) is 1. The predicted octanol–water partition coefficient (Wildman–Crippen LogP) is 3.78. The molecular formula is C21H28F2N4O. The second kappa shape index (κ2) is 7.62. The second-order valence-electron chi connectivity index (χ2n) is 8.64. The number of carbonyl (C=O) groups excluding carboxylic acids is 1. The lowest BCUT2D eigenvalue weighted by molar-refractivity contribution is 0.0661. The van der Waals surface area contributed by atoms with Gasteiger partial charge < -0.3 is 10.6 Å². The van der Waals surface area contributed by atoms with Gasteiger partial charge in [0.2, 0.25) is 0 Å². The van der Waals surface area contributed by atoms with Crippen LogP contribution < -0.4 is 5.73 Å². The van der Waals surface area contributed by atoms with Gasteiger partial charge in [0.05, 0.1) is 11.1 Å². The van der Waals surface area contributed by atoms with E-state index in [1.54, 1.807) is 15.8 Å². The second-order valence-corrected chi connectivity index (χ2v) is 8.64. The highest BCUT2D eigenvalue weighted by atomic mass is 19.1. The number of nitrogens with zero attached hydrogens (tertiary/aromatic N) is 3. The molecule has 0 spiro atoms. The number of hydrogen-bond donors (Lipinski definition) is 1. The van der Waals surface area contributed by atoms with E-state index in [1.807, 2.05) is 27.7 Å². The minimum Gasteiger partial charge on any atom is -0.338 e. The molecule has 1 aromatic carbocycles. The van der Waals surface area contributed by atoms with E-state index in [4.69, 9.17) is 5.73 Å². The van der Waals surface area contributed by atoms with E-state index in [9.17, 15) is 13.6 Å². The Morgan fingerprint density at radius 3 is 2.64 bits per heavy atom. The minimum absolute atomic E-state index is 0.00177. The summed E-state index contributed by atoms with van der Waals surface area (Å²) in [6, 6.07) is 3.32. The molecule has 2 heterocycles. The first-order valence-electron chi connectivity index (χ1n) is 9.68. The molecule has 2 N–H and O–H groups in total. The zero-order valence-corrected chi connectivity index (χ0v) is 16.9. The third kappa shape index (κ3) is 4.09. The molecule has 1 amide bonds. The standard InChI is InChI=1S/C21H28F2N4O/c1-13(24)14-6-5-9-26(11-14)20(28)17-12-27(21(2,3)4)25-19(17)16-8-7-15(22)10-18(16)23/h7-8,10,12-14H,5-6,9,11,24H2,1-4H3/t13-,14+/m1/s1. The van der Waals surface area contributed by atoms with Crippen molar-refractivity contribution >= 4 is 5.91 Å². The number of carbonyl (C=O) groups is 1. The summed E-state index contributed by atoms with van der Waals surface area (Å²) in [5.74, 6) is -1.36. The molecule has 1 aliphatic heterocycles. The van der Waals surface area contributed by atoms with Gasteiger partial charge in [-0.2, -0.15) is 5.10 Å². The van der Waals surface area contributed by atoms with Gasteiger partial charge in [0, 0.05) is 37.0 Å². The van der Waals surface area contributed by atoms with Gasteiger partial charge in [-0.05, 0) is 58.6 Å². The average Bonchev–Trinajstić information content (AvgIpc) is 3.06. The Kier molecular flexibility index (Phi) is 5.57. The van der Waals surface area contributed by atoms with Gasteiger partial charge >= 0.3 is 0 Å². The molecule has 0 saturated carbocycles. The number of piperidine rings is 1. The molecule has 1 saturated heterocycles. The first-order chi connectivity index (χ1) is 13.1. The third-order valence-electron chi connectivity index (χ3n) is 5.31. The van der Waals surface area contributed by atoms with Crippen LogP contribution in [-0.2, 0) is 5.54 Å². The van der Waals surface area contributed by atoms with E-state index in [2.05, 4.69) is 5.10 Å². The van der Waals surface area contributed by atoms with Gasteiger partial charge in [-0.1, -0.05) is 0 Å². The normalized spacial score (nSPS) is 19.0. The number of halogens is 2. The van der Waals surface area contributed by atoms with E-state index < -0.39 is 11.6 Å². The van der Waals surface area contributed by atoms with E-state index in [1.165, 1.54) is 12.1 Å². The number of rotatable bonds is 3. The van der Waals surface area contributed by atoms with Crippen molar-refractivity contribution in [2.24, 2.45) is 11.7 Å². The summed E-state index contributed by atoms with van der Waals surface area (Å²) < 4.78 is 29.5. The van der Waals surface area contributed by atoms with Crippen molar-refractivity contribution in [1.82, 2.24) is 14.7 Å². The predicted molar refractivity (Wildman–Crippen MR) is 105 cm³/mol. The summed E-state index contributed by atoms with van der Waals surface area (Å²) in [7, 11) is 0. The average molecular weight is 390 g/mol. The number of benzene rings is 1. The van der Waals surface area contributed by atoms with Crippen LogP contribution in [0.2, 0.25) is 0 Å². The van der Waals surface area contributed by atoms with Crippen molar-refractivity contribution in [2.45, 2.75) is 52.1 Å².